The molecule has 44 heavy (non-hydrogen) atoms. The van der Waals surface area contributed by atoms with Gasteiger partial charge >= 0.3 is 13.7 Å². The molecule has 5 aromatic carbocycles. The topological polar surface area (TPSA) is 84.9 Å². The summed E-state index contributed by atoms with van der Waals surface area (Å²) in [6.07, 6.45) is 3.65. The summed E-state index contributed by atoms with van der Waals surface area (Å²) in [4.78, 5) is 28.8. The van der Waals surface area contributed by atoms with Crippen LogP contribution in [0, 0.1) is 0 Å². The largest absolute Gasteiger partial charge is 0.431 e. The molecule has 2 unspecified atom stereocenters. The second-order valence-corrected chi connectivity index (χ2v) is 12.9. The number of nitrogens with one attached hydrogen (secondary N) is 1. The zero-order valence-electron chi connectivity index (χ0n) is 24.6. The minimum atomic E-state index is -3.89. The van der Waals surface area contributed by atoms with Crippen molar-refractivity contribution in [1.82, 2.24) is 4.90 Å². The second-order valence-electron chi connectivity index (χ2n) is 11.0. The van der Waals surface area contributed by atoms with E-state index in [9.17, 15) is 14.2 Å². The first kappa shape index (κ1) is 29.2. The molecule has 0 spiro atoms. The Morgan fingerprint density at radius 3 is 2.23 bits per heavy atom. The maximum Gasteiger partial charge on any atom is 0.431 e. The number of carbonyl (C=O) groups is 2. The Kier molecular flexibility index (Phi) is 8.23. The lowest BCUT2D eigenvalue weighted by molar-refractivity contribution is 0.0725. The average Bonchev–Trinajstić information content (AvgIpc) is 3.04. The highest BCUT2D eigenvalue weighted by Gasteiger charge is 2.28. The van der Waals surface area contributed by atoms with Crippen LogP contribution in [-0.4, -0.2) is 36.7 Å². The molecule has 1 N–H and O–H groups in total. The first-order valence-corrected chi connectivity index (χ1v) is 16.6. The number of amides is 2. The molecule has 8 heteroatoms. The van der Waals surface area contributed by atoms with Crippen molar-refractivity contribution in [3.63, 3.8) is 0 Å². The van der Waals surface area contributed by atoms with E-state index >= 15 is 0 Å². The van der Waals surface area contributed by atoms with E-state index in [-0.39, 0.29) is 17.6 Å². The smallest absolute Gasteiger partial charge is 0.415 e. The molecule has 1 aliphatic rings. The summed E-state index contributed by atoms with van der Waals surface area (Å²) in [7, 11) is -2.09. The average molecular weight is 605 g/mol. The van der Waals surface area contributed by atoms with Gasteiger partial charge in [0.1, 0.15) is 5.75 Å². The number of hydrogen-bond acceptors (Lipinski definition) is 5. The molecule has 0 aromatic heterocycles. The Morgan fingerprint density at radius 1 is 0.841 bits per heavy atom. The van der Waals surface area contributed by atoms with E-state index in [0.29, 0.717) is 11.3 Å². The predicted molar refractivity (Wildman–Crippen MR) is 176 cm³/mol. The van der Waals surface area contributed by atoms with Gasteiger partial charge in [-0.3, -0.25) is 10.1 Å². The monoisotopic (exact) mass is 604 g/mol. The quantitative estimate of drug-likeness (QED) is 0.187. The van der Waals surface area contributed by atoms with E-state index in [4.69, 9.17) is 9.05 Å². The van der Waals surface area contributed by atoms with Crippen LogP contribution in [0.5, 0.6) is 5.75 Å². The lowest BCUT2D eigenvalue weighted by Crippen LogP contribution is -2.38. The Balaban J connectivity index is 1.21. The summed E-state index contributed by atoms with van der Waals surface area (Å²) in [6, 6.07) is 34.3. The summed E-state index contributed by atoms with van der Waals surface area (Å²) in [5.74, 6) is 0.126. The zero-order chi connectivity index (χ0) is 30.7. The van der Waals surface area contributed by atoms with Gasteiger partial charge in [-0.1, -0.05) is 97.1 Å². The number of hydrogen-bond donors (Lipinski definition) is 1. The summed E-state index contributed by atoms with van der Waals surface area (Å²) in [5.41, 5.74) is 3.08. The molecule has 2 atom stereocenters. The van der Waals surface area contributed by atoms with E-state index in [1.54, 1.807) is 36.2 Å². The number of rotatable bonds is 7. The molecular weight excluding hydrogens is 571 g/mol. The van der Waals surface area contributed by atoms with Crippen LogP contribution >= 0.6 is 7.60 Å². The molecule has 0 heterocycles. The van der Waals surface area contributed by atoms with Crippen LogP contribution in [0.25, 0.3) is 27.1 Å². The lowest BCUT2D eigenvalue weighted by atomic mass is 9.90. The fraction of sp³-hybridized carbons (Fsp3) is 0.167. The first-order valence-electron chi connectivity index (χ1n) is 14.6. The fourth-order valence-electron chi connectivity index (χ4n) is 5.72. The van der Waals surface area contributed by atoms with Crippen LogP contribution in [0.3, 0.4) is 0 Å². The Morgan fingerprint density at radius 2 is 1.50 bits per heavy atom. The summed E-state index contributed by atoms with van der Waals surface area (Å²) >= 11 is 0. The highest BCUT2D eigenvalue weighted by molar-refractivity contribution is 7.54. The Bertz CT molecular complexity index is 1930. The van der Waals surface area contributed by atoms with E-state index in [1.165, 1.54) is 17.8 Å². The predicted octanol–water partition coefficient (Wildman–Crippen LogP) is 9.15. The van der Waals surface area contributed by atoms with E-state index in [1.807, 2.05) is 72.8 Å². The normalized spacial score (nSPS) is 16.0. The number of allylic oxidation sites excluding steroid dienone is 1. The Labute approximate surface area is 256 Å². The Hall–Kier alpha value is -4.87. The minimum absolute atomic E-state index is 0.00573. The molecule has 0 aliphatic heterocycles. The molecular formula is C36H33N2O5P. The molecule has 0 fully saturated rings. The summed E-state index contributed by atoms with van der Waals surface area (Å²) in [6.45, 7) is 1.24. The third-order valence-electron chi connectivity index (χ3n) is 8.01. The van der Waals surface area contributed by atoms with Crippen LogP contribution in [0.2, 0.25) is 0 Å². The third-order valence-corrected chi connectivity index (χ3v) is 9.04. The van der Waals surface area contributed by atoms with Crippen molar-refractivity contribution < 1.29 is 23.2 Å². The van der Waals surface area contributed by atoms with Crippen molar-refractivity contribution in [1.29, 1.82) is 0 Å². The van der Waals surface area contributed by atoms with E-state index in [2.05, 4.69) is 23.5 Å². The molecule has 0 saturated carbocycles. The van der Waals surface area contributed by atoms with Crippen LogP contribution < -0.4 is 9.84 Å². The van der Waals surface area contributed by atoms with Gasteiger partial charge in [0.25, 0.3) is 5.91 Å². The van der Waals surface area contributed by atoms with Crippen molar-refractivity contribution in [2.45, 2.75) is 25.3 Å². The number of benzene rings is 5. The van der Waals surface area contributed by atoms with Gasteiger partial charge in [0.15, 0.2) is 0 Å². The van der Waals surface area contributed by atoms with Gasteiger partial charge in [-0.05, 0) is 64.8 Å². The number of anilines is 1. The van der Waals surface area contributed by atoms with Gasteiger partial charge in [0.05, 0.1) is 17.9 Å². The number of fused-ring (bicyclic) bond motifs is 2. The van der Waals surface area contributed by atoms with E-state index in [0.717, 1.165) is 40.8 Å². The van der Waals surface area contributed by atoms with Gasteiger partial charge in [-0.2, -0.15) is 0 Å². The van der Waals surface area contributed by atoms with Gasteiger partial charge in [-0.15, -0.1) is 0 Å². The third kappa shape index (κ3) is 6.38. The number of nitrogens with zero attached hydrogens (tertiary/aromatic N) is 1. The SMILES string of the molecule is CN(C(=O)c1cc2ccccc2cc1NC(=O)OP(C)(=O)Oc1cccc2ccccc12)C1CC=C(c2ccccc2)CC1. The molecule has 222 valence electrons. The maximum absolute atomic E-state index is 13.9. The maximum atomic E-state index is 13.9. The molecule has 0 radical (unpaired) electrons. The molecule has 7 nitrogen and oxygen atoms in total. The minimum Gasteiger partial charge on any atom is -0.415 e. The highest BCUT2D eigenvalue weighted by Crippen LogP contribution is 2.46. The standard InChI is InChI=1S/C36H33N2O5P/c1-38(30-21-19-26(20-22-30)25-11-4-3-5-12-25)35(39)32-23-28-14-6-7-15-29(28)24-33(32)37-36(40)43-44(2,41)42-34-18-10-16-27-13-8-9-17-31(27)34/h3-19,23-24,30H,20-22H2,1-2H3,(H,37,40). The van der Waals surface area contributed by atoms with Crippen LogP contribution in [0.15, 0.2) is 115 Å². The fourth-order valence-corrected chi connectivity index (χ4v) is 6.62. The first-order chi connectivity index (χ1) is 21.3. The zero-order valence-corrected chi connectivity index (χ0v) is 25.5. The molecule has 5 aromatic rings. The molecule has 6 rings (SSSR count). The van der Waals surface area contributed by atoms with Crippen molar-refractivity contribution in [3.8, 4) is 5.75 Å². The summed E-state index contributed by atoms with van der Waals surface area (Å²) in [5, 5.41) is 6.03. The second kappa shape index (κ2) is 12.4. The van der Waals surface area contributed by atoms with Crippen molar-refractivity contribution in [2.24, 2.45) is 0 Å². The van der Waals surface area contributed by atoms with E-state index < -0.39 is 13.7 Å². The van der Waals surface area contributed by atoms with Crippen LogP contribution in [0.4, 0.5) is 10.5 Å². The number of carbonyl (C=O) groups excluding carboxylic acids is 2. The van der Waals surface area contributed by atoms with Gasteiger partial charge in [-0.25, -0.2) is 9.36 Å². The highest BCUT2D eigenvalue weighted by atomic mass is 31.2. The molecule has 0 bridgehead atoms. The molecule has 1 aliphatic carbocycles. The van der Waals surface area contributed by atoms with Crippen LogP contribution in [0.1, 0.15) is 35.2 Å². The van der Waals surface area contributed by atoms with Crippen molar-refractivity contribution >= 4 is 52.4 Å². The van der Waals surface area contributed by atoms with Gasteiger partial charge in [0.2, 0.25) is 0 Å². The van der Waals surface area contributed by atoms with Gasteiger partial charge < -0.3 is 13.9 Å². The molecule has 2 amide bonds. The summed E-state index contributed by atoms with van der Waals surface area (Å²) < 4.78 is 24.4. The van der Waals surface area contributed by atoms with Gasteiger partial charge in [0, 0.05) is 18.5 Å². The van der Waals surface area contributed by atoms with Crippen molar-refractivity contribution in [2.75, 3.05) is 19.0 Å². The van der Waals surface area contributed by atoms with Crippen LogP contribution in [-0.2, 0) is 9.09 Å². The lowest BCUT2D eigenvalue weighted by Gasteiger charge is -2.31. The molecule has 0 saturated heterocycles. The van der Waals surface area contributed by atoms with Crippen molar-refractivity contribution in [3.05, 3.63) is 126 Å².